The molecule has 0 aliphatic heterocycles. The van der Waals surface area contributed by atoms with E-state index in [-0.39, 0.29) is 12.5 Å². The lowest BCUT2D eigenvalue weighted by atomic mass is 10.1. The molecule has 1 heterocycles. The van der Waals surface area contributed by atoms with Gasteiger partial charge in [0.15, 0.2) is 0 Å². The number of carbonyl (C=O) groups is 1. The maximum atomic E-state index is 11.9. The molecule has 5 heteroatoms. The first-order valence-electron chi connectivity index (χ1n) is 6.22. The summed E-state index contributed by atoms with van der Waals surface area (Å²) in [4.78, 5) is 11.9. The number of aromatic nitrogens is 2. The molecule has 0 unspecified atom stereocenters. The Balaban J connectivity index is 2.17. The average molecular weight is 269 g/mol. The molecule has 0 fully saturated rings. The van der Waals surface area contributed by atoms with E-state index in [4.69, 9.17) is 5.11 Å². The van der Waals surface area contributed by atoms with Crippen molar-refractivity contribution in [1.29, 1.82) is 0 Å². The molecule has 102 valence electrons. The Hall–Kier alpha value is -2.58. The van der Waals surface area contributed by atoms with Crippen LogP contribution in [0.25, 0.3) is 0 Å². The molecule has 3 N–H and O–H groups in total. The first-order chi connectivity index (χ1) is 9.70. The molecule has 2 aromatic rings. The van der Waals surface area contributed by atoms with Crippen LogP contribution in [0.3, 0.4) is 0 Å². The number of carbonyl (C=O) groups excluding carboxylic acids is 1. The molecule has 1 aromatic heterocycles. The minimum absolute atomic E-state index is 0.0439. The highest BCUT2D eigenvalue weighted by atomic mass is 16.2. The van der Waals surface area contributed by atoms with E-state index in [2.05, 4.69) is 27.4 Å². The van der Waals surface area contributed by atoms with Gasteiger partial charge < -0.3 is 10.4 Å². The Bertz CT molecular complexity index is 651. The maximum Gasteiger partial charge on any atom is 0.273 e. The minimum atomic E-state index is -0.244. The van der Waals surface area contributed by atoms with Crippen LogP contribution in [-0.2, 0) is 0 Å². The Morgan fingerprint density at radius 1 is 1.45 bits per heavy atom. The van der Waals surface area contributed by atoms with Gasteiger partial charge in [0.05, 0.1) is 6.61 Å². The van der Waals surface area contributed by atoms with Gasteiger partial charge in [-0.25, -0.2) is 0 Å². The average Bonchev–Trinajstić information content (AvgIpc) is 2.97. The number of aliphatic hydroxyl groups excluding tert-OH is 1. The van der Waals surface area contributed by atoms with Gasteiger partial charge in [-0.2, -0.15) is 5.10 Å². The largest absolute Gasteiger partial charge is 0.395 e. The number of anilines is 1. The van der Waals surface area contributed by atoms with Crippen LogP contribution >= 0.6 is 0 Å². The van der Waals surface area contributed by atoms with E-state index in [0.29, 0.717) is 17.8 Å². The van der Waals surface area contributed by atoms with Crippen molar-refractivity contribution in [2.24, 2.45) is 0 Å². The fourth-order valence-electron chi connectivity index (χ4n) is 1.63. The van der Waals surface area contributed by atoms with E-state index in [9.17, 15) is 4.79 Å². The van der Waals surface area contributed by atoms with Gasteiger partial charge in [0, 0.05) is 23.9 Å². The molecule has 0 spiro atoms. The summed E-state index contributed by atoms with van der Waals surface area (Å²) in [5.74, 6) is 5.55. The van der Waals surface area contributed by atoms with Crippen molar-refractivity contribution in [3.63, 3.8) is 0 Å². The molecule has 2 rings (SSSR count). The summed E-state index contributed by atoms with van der Waals surface area (Å²) in [5, 5.41) is 17.9. The molecule has 0 atom stereocenters. The van der Waals surface area contributed by atoms with E-state index in [1.807, 2.05) is 25.1 Å². The normalized spacial score (nSPS) is 9.70. The SMILES string of the molecule is Cc1ccc(C#CCCO)cc1NC(=O)c1ccn[nH]1. The number of amides is 1. The third-order valence-electron chi connectivity index (χ3n) is 2.70. The van der Waals surface area contributed by atoms with Crippen LogP contribution in [0.2, 0.25) is 0 Å². The van der Waals surface area contributed by atoms with Crippen molar-refractivity contribution in [2.45, 2.75) is 13.3 Å². The third kappa shape index (κ3) is 3.46. The van der Waals surface area contributed by atoms with Gasteiger partial charge in [-0.15, -0.1) is 0 Å². The molecule has 20 heavy (non-hydrogen) atoms. The van der Waals surface area contributed by atoms with E-state index < -0.39 is 0 Å². The van der Waals surface area contributed by atoms with Crippen LogP contribution in [0.4, 0.5) is 5.69 Å². The summed E-state index contributed by atoms with van der Waals surface area (Å²) in [6.07, 6.45) is 1.96. The molecule has 0 aliphatic carbocycles. The highest BCUT2D eigenvalue weighted by Crippen LogP contribution is 2.17. The second-order valence-electron chi connectivity index (χ2n) is 4.23. The monoisotopic (exact) mass is 269 g/mol. The van der Waals surface area contributed by atoms with Crippen molar-refractivity contribution in [2.75, 3.05) is 11.9 Å². The van der Waals surface area contributed by atoms with Gasteiger partial charge in [0.1, 0.15) is 5.69 Å². The molecule has 0 saturated heterocycles. The zero-order valence-corrected chi connectivity index (χ0v) is 11.1. The van der Waals surface area contributed by atoms with Gasteiger partial charge in [-0.05, 0) is 30.7 Å². The zero-order chi connectivity index (χ0) is 14.4. The number of nitrogens with one attached hydrogen (secondary N) is 2. The second kappa shape index (κ2) is 6.55. The summed E-state index contributed by atoms with van der Waals surface area (Å²) < 4.78 is 0. The highest BCUT2D eigenvalue weighted by Gasteiger charge is 2.08. The van der Waals surface area contributed by atoms with Crippen LogP contribution in [0, 0.1) is 18.8 Å². The van der Waals surface area contributed by atoms with Gasteiger partial charge >= 0.3 is 0 Å². The Kier molecular flexibility index (Phi) is 4.53. The zero-order valence-electron chi connectivity index (χ0n) is 11.1. The van der Waals surface area contributed by atoms with Crippen molar-refractivity contribution in [3.05, 3.63) is 47.3 Å². The smallest absolute Gasteiger partial charge is 0.273 e. The van der Waals surface area contributed by atoms with Crippen LogP contribution in [0.5, 0.6) is 0 Å². The van der Waals surface area contributed by atoms with Gasteiger partial charge in [0.2, 0.25) is 0 Å². The van der Waals surface area contributed by atoms with Gasteiger partial charge in [-0.1, -0.05) is 17.9 Å². The lowest BCUT2D eigenvalue weighted by Gasteiger charge is -2.07. The number of aryl methyl sites for hydroxylation is 1. The lowest BCUT2D eigenvalue weighted by Crippen LogP contribution is -2.13. The summed E-state index contributed by atoms with van der Waals surface area (Å²) in [5.41, 5.74) is 2.86. The summed E-state index contributed by atoms with van der Waals surface area (Å²) >= 11 is 0. The summed E-state index contributed by atoms with van der Waals surface area (Å²) in [6.45, 7) is 1.95. The number of nitrogens with zero attached hydrogens (tertiary/aromatic N) is 1. The number of rotatable bonds is 3. The number of hydrogen-bond acceptors (Lipinski definition) is 3. The quantitative estimate of drug-likeness (QED) is 0.742. The van der Waals surface area contributed by atoms with E-state index in [1.54, 1.807) is 6.07 Å². The molecular weight excluding hydrogens is 254 g/mol. The van der Waals surface area contributed by atoms with Crippen molar-refractivity contribution < 1.29 is 9.90 Å². The predicted octanol–water partition coefficient (Wildman–Crippen LogP) is 1.70. The van der Waals surface area contributed by atoms with Gasteiger partial charge in [0.25, 0.3) is 5.91 Å². The molecule has 1 aromatic carbocycles. The molecule has 1 amide bonds. The fourth-order valence-corrected chi connectivity index (χ4v) is 1.63. The van der Waals surface area contributed by atoms with E-state index in [1.165, 1.54) is 6.20 Å². The molecule has 5 nitrogen and oxygen atoms in total. The molecule has 0 bridgehead atoms. The fraction of sp³-hybridized carbons (Fsp3) is 0.200. The van der Waals surface area contributed by atoms with Crippen LogP contribution in [0.1, 0.15) is 28.0 Å². The first kappa shape index (κ1) is 13.8. The lowest BCUT2D eigenvalue weighted by molar-refractivity contribution is 0.102. The standard InChI is InChI=1S/C15H15N3O2/c1-11-5-6-12(4-2-3-9-19)10-14(11)17-15(20)13-7-8-16-18-13/h5-8,10,19H,3,9H2,1H3,(H,16,18)(H,17,20). The van der Waals surface area contributed by atoms with Gasteiger partial charge in [-0.3, -0.25) is 9.89 Å². The molecule has 0 aliphatic rings. The van der Waals surface area contributed by atoms with E-state index >= 15 is 0 Å². The molecule has 0 radical (unpaired) electrons. The van der Waals surface area contributed by atoms with Crippen molar-refractivity contribution in [3.8, 4) is 11.8 Å². The summed E-state index contributed by atoms with van der Waals surface area (Å²) in [7, 11) is 0. The number of aromatic amines is 1. The van der Waals surface area contributed by atoms with Crippen LogP contribution in [0.15, 0.2) is 30.5 Å². The van der Waals surface area contributed by atoms with E-state index in [0.717, 1.165) is 11.1 Å². The highest BCUT2D eigenvalue weighted by molar-refractivity contribution is 6.03. The predicted molar refractivity (Wildman–Crippen MR) is 76.3 cm³/mol. The Morgan fingerprint density at radius 2 is 2.30 bits per heavy atom. The maximum absolute atomic E-state index is 11.9. The van der Waals surface area contributed by atoms with Crippen LogP contribution < -0.4 is 5.32 Å². The van der Waals surface area contributed by atoms with Crippen LogP contribution in [-0.4, -0.2) is 27.8 Å². The number of aliphatic hydroxyl groups is 1. The summed E-state index contributed by atoms with van der Waals surface area (Å²) in [6, 6.07) is 7.20. The van der Waals surface area contributed by atoms with Crippen molar-refractivity contribution >= 4 is 11.6 Å². The number of H-pyrrole nitrogens is 1. The number of benzene rings is 1. The number of hydrogen-bond donors (Lipinski definition) is 3. The topological polar surface area (TPSA) is 78.0 Å². The molecule has 0 saturated carbocycles. The van der Waals surface area contributed by atoms with Crippen molar-refractivity contribution in [1.82, 2.24) is 10.2 Å². The molecular formula is C15H15N3O2. The second-order valence-corrected chi connectivity index (χ2v) is 4.23. The Morgan fingerprint density at radius 3 is 3.00 bits per heavy atom. The first-order valence-corrected chi connectivity index (χ1v) is 6.22. The minimum Gasteiger partial charge on any atom is -0.395 e. The Labute approximate surface area is 117 Å². The third-order valence-corrected chi connectivity index (χ3v) is 2.70.